The van der Waals surface area contributed by atoms with Crippen LogP contribution in [0, 0.1) is 0 Å². The van der Waals surface area contributed by atoms with Gasteiger partial charge in [-0.2, -0.15) is 0 Å². The maximum atomic E-state index is 13.6. The van der Waals surface area contributed by atoms with Gasteiger partial charge < -0.3 is 19.4 Å². The van der Waals surface area contributed by atoms with Crippen LogP contribution in [0.4, 0.5) is 0 Å². The molecule has 0 aromatic rings. The molecule has 0 aliphatic heterocycles. The van der Waals surface area contributed by atoms with Crippen LogP contribution in [0.2, 0.25) is 0 Å². The number of likely N-dealkylation sites (N-methyl/N-ethyl adjacent to an activating group) is 1. The number of allylic oxidation sites excluding steroid dienone is 7. The quantitative estimate of drug-likeness (QED) is 0.0205. The molecule has 0 aromatic heterocycles. The van der Waals surface area contributed by atoms with Crippen LogP contribution in [0.15, 0.2) is 48.6 Å². The highest BCUT2D eigenvalue weighted by Crippen LogP contribution is 2.43. The van der Waals surface area contributed by atoms with E-state index in [9.17, 15) is 19.0 Å². The summed E-state index contributed by atoms with van der Waals surface area (Å²) in [7, 11) is 1.50. The first-order valence-corrected chi connectivity index (χ1v) is 34.0. The summed E-state index contributed by atoms with van der Waals surface area (Å²) >= 11 is 0. The number of unbranched alkanes of at least 4 members (excludes halogenated alkanes) is 37. The Morgan fingerprint density at radius 3 is 1.26 bits per heavy atom. The molecule has 0 spiro atoms. The standard InChI is InChI=1S/C66H125N2O7P/c1-7-10-13-16-19-22-25-27-29-30-31-32-33-34-35-36-37-38-39-40-43-46-49-52-55-58-65(69)67-63(62-74-76(71,72)73-61-60-68(4,5)6)64(57-54-51-48-45-42-24-21-18-15-12-9-3)75-66(70)59-56-53-50-47-44-41-28-26-23-20-17-14-11-8-2/h11,14,20,23,27,29,54,57,63-64H,7-10,12-13,15-19,21-22,24-26,28,30-53,55-56,58-62H2,1-6H3,(H-,67,69,71,72)/p+1/b14-11+,23-20+,29-27+,57-54-. The number of amides is 1. The van der Waals surface area contributed by atoms with Gasteiger partial charge in [0.25, 0.3) is 0 Å². The molecule has 76 heavy (non-hydrogen) atoms. The summed E-state index contributed by atoms with van der Waals surface area (Å²) in [4.78, 5) is 37.7. The predicted molar refractivity (Wildman–Crippen MR) is 328 cm³/mol. The SMILES string of the molecule is CC/C=C/C/C=C/CCCCCCCCCC(=O)OC(/C=C\CCCCCCCCCCC)C(COP(=O)(O)OCC[N+](C)(C)C)NC(=O)CCCCCCCCCCCCCCCCC/C=C/CCCCCCCC. The van der Waals surface area contributed by atoms with Crippen LogP contribution in [0.5, 0.6) is 0 Å². The van der Waals surface area contributed by atoms with Crippen LogP contribution >= 0.6 is 7.82 Å². The Kier molecular flexibility index (Phi) is 54.7. The molecule has 0 bridgehead atoms. The highest BCUT2D eigenvalue weighted by molar-refractivity contribution is 7.47. The molecule has 0 radical (unpaired) electrons. The van der Waals surface area contributed by atoms with Gasteiger partial charge in [-0.05, 0) is 83.1 Å². The number of quaternary nitrogens is 1. The lowest BCUT2D eigenvalue weighted by Crippen LogP contribution is -2.47. The van der Waals surface area contributed by atoms with Crippen molar-refractivity contribution in [1.29, 1.82) is 0 Å². The van der Waals surface area contributed by atoms with Crippen molar-refractivity contribution >= 4 is 19.7 Å². The van der Waals surface area contributed by atoms with E-state index in [-0.39, 0.29) is 31.5 Å². The van der Waals surface area contributed by atoms with Crippen molar-refractivity contribution in [1.82, 2.24) is 5.32 Å². The fourth-order valence-electron chi connectivity index (χ4n) is 9.50. The smallest absolute Gasteiger partial charge is 0.456 e. The highest BCUT2D eigenvalue weighted by atomic mass is 31.2. The third-order valence-corrected chi connectivity index (χ3v) is 15.5. The second-order valence-corrected chi connectivity index (χ2v) is 24.7. The lowest BCUT2D eigenvalue weighted by atomic mass is 10.0. The van der Waals surface area contributed by atoms with E-state index in [1.165, 1.54) is 193 Å². The molecule has 3 atom stereocenters. The molecule has 0 saturated heterocycles. The number of hydrogen-bond donors (Lipinski definition) is 2. The molecule has 0 fully saturated rings. The van der Waals surface area contributed by atoms with Gasteiger partial charge in [0.1, 0.15) is 19.3 Å². The van der Waals surface area contributed by atoms with E-state index in [1.54, 1.807) is 0 Å². The second kappa shape index (κ2) is 56.3. The van der Waals surface area contributed by atoms with E-state index >= 15 is 0 Å². The van der Waals surface area contributed by atoms with E-state index in [0.29, 0.717) is 17.4 Å². The topological polar surface area (TPSA) is 111 Å². The molecule has 1 amide bonds. The first-order valence-electron chi connectivity index (χ1n) is 32.5. The number of ether oxygens (including phenoxy) is 1. The molecule has 10 heteroatoms. The number of nitrogens with zero attached hydrogens (tertiary/aromatic N) is 1. The molecular weight excluding hydrogens is 964 g/mol. The average molecular weight is 1090 g/mol. The van der Waals surface area contributed by atoms with Crippen LogP contribution in [0.25, 0.3) is 0 Å². The molecular formula is C66H126N2O7P+. The van der Waals surface area contributed by atoms with Crippen LogP contribution < -0.4 is 5.32 Å². The minimum Gasteiger partial charge on any atom is -0.456 e. The van der Waals surface area contributed by atoms with Gasteiger partial charge in [-0.15, -0.1) is 0 Å². The summed E-state index contributed by atoms with van der Waals surface area (Å²) in [5.41, 5.74) is 0. The van der Waals surface area contributed by atoms with E-state index in [4.69, 9.17) is 13.8 Å². The van der Waals surface area contributed by atoms with E-state index in [0.717, 1.165) is 83.5 Å². The van der Waals surface area contributed by atoms with Crippen molar-refractivity contribution in [2.75, 3.05) is 40.9 Å². The average Bonchev–Trinajstić information content (AvgIpc) is 3.38. The Hall–Kier alpha value is -2.03. The van der Waals surface area contributed by atoms with Crippen LogP contribution in [-0.2, 0) is 27.9 Å². The van der Waals surface area contributed by atoms with Crippen LogP contribution in [0.1, 0.15) is 310 Å². The minimum absolute atomic E-state index is 0.0397. The van der Waals surface area contributed by atoms with Gasteiger partial charge in [0.05, 0.1) is 33.8 Å². The van der Waals surface area contributed by atoms with Gasteiger partial charge in [0.15, 0.2) is 0 Å². The van der Waals surface area contributed by atoms with Gasteiger partial charge in [-0.25, -0.2) is 4.57 Å². The molecule has 0 aromatic carbocycles. The summed E-state index contributed by atoms with van der Waals surface area (Å²) in [5.74, 6) is -0.505. The van der Waals surface area contributed by atoms with E-state index in [2.05, 4.69) is 62.5 Å². The van der Waals surface area contributed by atoms with Crippen molar-refractivity contribution in [2.45, 2.75) is 322 Å². The number of hydrogen-bond acceptors (Lipinski definition) is 6. The van der Waals surface area contributed by atoms with Gasteiger partial charge in [0, 0.05) is 12.8 Å². The van der Waals surface area contributed by atoms with Gasteiger partial charge in [0.2, 0.25) is 5.91 Å². The first-order chi connectivity index (χ1) is 36.9. The highest BCUT2D eigenvalue weighted by Gasteiger charge is 2.30. The number of carbonyl (C=O) groups excluding carboxylic acids is 2. The lowest BCUT2D eigenvalue weighted by molar-refractivity contribution is -0.870. The normalized spacial score (nSPS) is 13.9. The molecule has 0 saturated carbocycles. The third-order valence-electron chi connectivity index (χ3n) is 14.5. The number of rotatable bonds is 59. The van der Waals surface area contributed by atoms with E-state index in [1.807, 2.05) is 33.3 Å². The van der Waals surface area contributed by atoms with Crippen molar-refractivity contribution in [2.24, 2.45) is 0 Å². The summed E-state index contributed by atoms with van der Waals surface area (Å²) in [6.45, 7) is 6.92. The molecule has 9 nitrogen and oxygen atoms in total. The fraction of sp³-hybridized carbons (Fsp3) is 0.848. The fourth-order valence-corrected chi connectivity index (χ4v) is 10.2. The molecule has 0 heterocycles. The molecule has 2 N–H and O–H groups in total. The Morgan fingerprint density at radius 2 is 0.842 bits per heavy atom. The zero-order valence-electron chi connectivity index (χ0n) is 51.0. The largest absolute Gasteiger partial charge is 0.472 e. The molecule has 0 rings (SSSR count). The monoisotopic (exact) mass is 1090 g/mol. The van der Waals surface area contributed by atoms with Gasteiger partial charge in [-0.3, -0.25) is 18.6 Å². The number of carbonyl (C=O) groups is 2. The molecule has 3 unspecified atom stereocenters. The molecule has 446 valence electrons. The van der Waals surface area contributed by atoms with E-state index < -0.39 is 20.0 Å². The maximum Gasteiger partial charge on any atom is 0.472 e. The maximum absolute atomic E-state index is 13.6. The van der Waals surface area contributed by atoms with Gasteiger partial charge >= 0.3 is 13.8 Å². The Bertz CT molecular complexity index is 1440. The number of phosphoric ester groups is 1. The minimum atomic E-state index is -4.45. The zero-order chi connectivity index (χ0) is 55.7. The number of nitrogens with one attached hydrogen (secondary N) is 1. The number of esters is 1. The Balaban J connectivity index is 5.03. The third kappa shape index (κ3) is 56.7. The first kappa shape index (κ1) is 74.0. The predicted octanol–water partition coefficient (Wildman–Crippen LogP) is 20.1. The Labute approximate surface area is 471 Å². The second-order valence-electron chi connectivity index (χ2n) is 23.3. The molecule has 0 aliphatic rings. The van der Waals surface area contributed by atoms with Crippen LogP contribution in [0.3, 0.4) is 0 Å². The summed E-state index contributed by atoms with van der Waals surface area (Å²) in [6.07, 6.45) is 69.8. The van der Waals surface area contributed by atoms with Crippen LogP contribution in [-0.4, -0.2) is 74.3 Å². The zero-order valence-corrected chi connectivity index (χ0v) is 51.9. The molecule has 0 aliphatic carbocycles. The van der Waals surface area contributed by atoms with Crippen molar-refractivity contribution < 1.29 is 37.3 Å². The van der Waals surface area contributed by atoms with Crippen molar-refractivity contribution in [3.63, 3.8) is 0 Å². The lowest BCUT2D eigenvalue weighted by Gasteiger charge is -2.27. The summed E-state index contributed by atoms with van der Waals surface area (Å²) < 4.78 is 30.7. The Morgan fingerprint density at radius 1 is 0.474 bits per heavy atom. The number of phosphoric acid groups is 1. The summed E-state index contributed by atoms with van der Waals surface area (Å²) in [5, 5.41) is 3.06. The van der Waals surface area contributed by atoms with Crippen molar-refractivity contribution in [3.8, 4) is 0 Å². The van der Waals surface area contributed by atoms with Gasteiger partial charge in [-0.1, -0.05) is 262 Å². The van der Waals surface area contributed by atoms with Crippen molar-refractivity contribution in [3.05, 3.63) is 48.6 Å². The summed E-state index contributed by atoms with van der Waals surface area (Å²) in [6, 6.07) is -0.849.